The average molecular weight is 279 g/mol. The number of unbranched alkanes of at least 4 members (excludes halogenated alkanes) is 6. The second-order valence-corrected chi connectivity index (χ2v) is 5.23. The Morgan fingerprint density at radius 1 is 1.20 bits per heavy atom. The summed E-state index contributed by atoms with van der Waals surface area (Å²) in [6, 6.07) is 4.07. The van der Waals surface area contributed by atoms with Crippen LogP contribution in [0.5, 0.6) is 5.88 Å². The predicted octanol–water partition coefficient (Wildman–Crippen LogP) is 3.74. The summed E-state index contributed by atoms with van der Waals surface area (Å²) in [4.78, 5) is 4.23. The molecule has 0 radical (unpaired) electrons. The van der Waals surface area contributed by atoms with Crippen LogP contribution in [0.25, 0.3) is 0 Å². The molecule has 0 bridgehead atoms. The topological polar surface area (TPSA) is 60.2 Å². The highest BCUT2D eigenvalue weighted by molar-refractivity contribution is 5.28. The summed E-state index contributed by atoms with van der Waals surface area (Å²) in [5.41, 5.74) is 3.93. The third kappa shape index (κ3) is 5.88. The van der Waals surface area contributed by atoms with Crippen molar-refractivity contribution in [1.29, 1.82) is 0 Å². The van der Waals surface area contributed by atoms with Crippen LogP contribution in [0, 0.1) is 0 Å². The van der Waals surface area contributed by atoms with Crippen LogP contribution in [0.15, 0.2) is 18.3 Å². The van der Waals surface area contributed by atoms with Crippen molar-refractivity contribution >= 4 is 0 Å². The van der Waals surface area contributed by atoms with Crippen molar-refractivity contribution in [2.45, 2.75) is 64.3 Å². The first-order chi connectivity index (χ1) is 9.83. The van der Waals surface area contributed by atoms with E-state index >= 15 is 0 Å². The van der Waals surface area contributed by atoms with E-state index in [4.69, 9.17) is 10.6 Å². The second kappa shape index (κ2) is 10.6. The predicted molar refractivity (Wildman–Crippen MR) is 83.5 cm³/mol. The molecule has 1 unspecified atom stereocenters. The molecule has 20 heavy (non-hydrogen) atoms. The number of hydrogen-bond donors (Lipinski definition) is 2. The molecule has 0 amide bonds. The number of pyridine rings is 1. The second-order valence-electron chi connectivity index (χ2n) is 5.23. The van der Waals surface area contributed by atoms with Gasteiger partial charge in [0.15, 0.2) is 0 Å². The number of hydrogen-bond acceptors (Lipinski definition) is 4. The van der Waals surface area contributed by atoms with Crippen molar-refractivity contribution in [3.05, 3.63) is 23.9 Å². The quantitative estimate of drug-likeness (QED) is 0.368. The molecule has 0 aliphatic rings. The Hall–Kier alpha value is -1.13. The molecule has 114 valence electrons. The molecule has 0 aliphatic heterocycles. The van der Waals surface area contributed by atoms with Crippen LogP contribution in [0.4, 0.5) is 0 Å². The van der Waals surface area contributed by atoms with Crippen molar-refractivity contribution in [1.82, 2.24) is 10.4 Å². The van der Waals surface area contributed by atoms with Gasteiger partial charge >= 0.3 is 0 Å². The molecule has 1 atom stereocenters. The van der Waals surface area contributed by atoms with Crippen LogP contribution in [-0.2, 0) is 0 Å². The van der Waals surface area contributed by atoms with E-state index in [0.717, 1.165) is 12.0 Å². The number of ether oxygens (including phenoxy) is 1. The first kappa shape index (κ1) is 16.9. The Morgan fingerprint density at radius 2 is 1.90 bits per heavy atom. The molecular weight excluding hydrogens is 250 g/mol. The SMILES string of the molecule is CCCCCCCCCC(NN)c1cccnc1OC. The lowest BCUT2D eigenvalue weighted by molar-refractivity contribution is 0.377. The van der Waals surface area contributed by atoms with Crippen molar-refractivity contribution in [2.75, 3.05) is 7.11 Å². The van der Waals surface area contributed by atoms with Crippen molar-refractivity contribution in [3.63, 3.8) is 0 Å². The smallest absolute Gasteiger partial charge is 0.217 e. The number of methoxy groups -OCH3 is 1. The van der Waals surface area contributed by atoms with Crippen LogP contribution in [0.3, 0.4) is 0 Å². The number of rotatable bonds is 11. The van der Waals surface area contributed by atoms with Gasteiger partial charge in [-0.2, -0.15) is 0 Å². The van der Waals surface area contributed by atoms with E-state index in [1.807, 2.05) is 12.1 Å². The molecule has 1 rings (SSSR count). The molecule has 0 saturated heterocycles. The van der Waals surface area contributed by atoms with Gasteiger partial charge in [0.05, 0.1) is 13.2 Å². The van der Waals surface area contributed by atoms with Crippen LogP contribution < -0.4 is 16.0 Å². The number of nitrogens with zero attached hydrogens (tertiary/aromatic N) is 1. The van der Waals surface area contributed by atoms with E-state index < -0.39 is 0 Å². The Balaban J connectivity index is 2.32. The maximum atomic E-state index is 5.68. The van der Waals surface area contributed by atoms with E-state index in [0.29, 0.717) is 5.88 Å². The van der Waals surface area contributed by atoms with E-state index in [-0.39, 0.29) is 6.04 Å². The fourth-order valence-electron chi connectivity index (χ4n) is 2.47. The lowest BCUT2D eigenvalue weighted by Crippen LogP contribution is -2.28. The average Bonchev–Trinajstić information content (AvgIpc) is 2.50. The molecular formula is C16H29N3O. The van der Waals surface area contributed by atoms with Crippen LogP contribution in [0.2, 0.25) is 0 Å². The fourth-order valence-corrected chi connectivity index (χ4v) is 2.47. The van der Waals surface area contributed by atoms with Gasteiger partial charge in [-0.25, -0.2) is 4.98 Å². The molecule has 3 N–H and O–H groups in total. The molecule has 0 aromatic carbocycles. The molecule has 4 heteroatoms. The summed E-state index contributed by atoms with van der Waals surface area (Å²) in [5, 5.41) is 0. The standard InChI is InChI=1S/C16H29N3O/c1-3-4-5-6-7-8-9-12-15(19-17)14-11-10-13-18-16(14)20-2/h10-11,13,15,19H,3-9,12,17H2,1-2H3. The van der Waals surface area contributed by atoms with E-state index in [1.54, 1.807) is 13.3 Å². The van der Waals surface area contributed by atoms with Crippen molar-refractivity contribution in [2.24, 2.45) is 5.84 Å². The molecule has 1 aromatic heterocycles. The summed E-state index contributed by atoms with van der Waals surface area (Å²) in [5.74, 6) is 6.34. The highest BCUT2D eigenvalue weighted by atomic mass is 16.5. The minimum Gasteiger partial charge on any atom is -0.481 e. The molecule has 0 fully saturated rings. The summed E-state index contributed by atoms with van der Waals surface area (Å²) in [6.07, 6.45) is 11.9. The van der Waals surface area contributed by atoms with Gasteiger partial charge in [-0.3, -0.25) is 11.3 Å². The monoisotopic (exact) mass is 279 g/mol. The van der Waals surface area contributed by atoms with Gasteiger partial charge in [0.2, 0.25) is 5.88 Å². The van der Waals surface area contributed by atoms with Gasteiger partial charge in [-0.1, -0.05) is 57.9 Å². The van der Waals surface area contributed by atoms with Gasteiger partial charge in [0.25, 0.3) is 0 Å². The molecule has 1 heterocycles. The largest absolute Gasteiger partial charge is 0.481 e. The van der Waals surface area contributed by atoms with Crippen LogP contribution in [0.1, 0.15) is 69.9 Å². The number of hydrazine groups is 1. The third-order valence-corrected chi connectivity index (χ3v) is 3.67. The minimum atomic E-state index is 0.120. The zero-order chi connectivity index (χ0) is 14.6. The van der Waals surface area contributed by atoms with Gasteiger partial charge < -0.3 is 4.74 Å². The zero-order valence-corrected chi connectivity index (χ0v) is 12.9. The fraction of sp³-hybridized carbons (Fsp3) is 0.688. The third-order valence-electron chi connectivity index (χ3n) is 3.67. The lowest BCUT2D eigenvalue weighted by Gasteiger charge is -2.18. The Kier molecular flexibility index (Phi) is 9.00. The summed E-state index contributed by atoms with van der Waals surface area (Å²) in [6.45, 7) is 2.25. The van der Waals surface area contributed by atoms with Crippen LogP contribution in [-0.4, -0.2) is 12.1 Å². The Morgan fingerprint density at radius 3 is 2.55 bits per heavy atom. The molecule has 0 saturated carbocycles. The summed E-state index contributed by atoms with van der Waals surface area (Å²) in [7, 11) is 1.65. The molecule has 0 spiro atoms. The van der Waals surface area contributed by atoms with E-state index in [1.165, 1.54) is 44.9 Å². The van der Waals surface area contributed by atoms with Crippen molar-refractivity contribution < 1.29 is 4.74 Å². The number of nitrogens with two attached hydrogens (primary N) is 1. The lowest BCUT2D eigenvalue weighted by atomic mass is 10.0. The number of aromatic nitrogens is 1. The highest BCUT2D eigenvalue weighted by Crippen LogP contribution is 2.26. The summed E-state index contributed by atoms with van der Waals surface area (Å²) >= 11 is 0. The normalized spacial score (nSPS) is 12.3. The van der Waals surface area contributed by atoms with Crippen molar-refractivity contribution in [3.8, 4) is 5.88 Å². The highest BCUT2D eigenvalue weighted by Gasteiger charge is 2.14. The maximum Gasteiger partial charge on any atom is 0.217 e. The first-order valence-electron chi connectivity index (χ1n) is 7.78. The first-order valence-corrected chi connectivity index (χ1v) is 7.78. The van der Waals surface area contributed by atoms with E-state index in [2.05, 4.69) is 17.3 Å². The van der Waals surface area contributed by atoms with Gasteiger partial charge in [0, 0.05) is 11.8 Å². The Bertz CT molecular complexity index is 357. The molecule has 0 aliphatic carbocycles. The number of nitrogens with one attached hydrogen (secondary N) is 1. The van der Waals surface area contributed by atoms with Gasteiger partial charge in [0.1, 0.15) is 0 Å². The zero-order valence-electron chi connectivity index (χ0n) is 12.9. The van der Waals surface area contributed by atoms with Gasteiger partial charge in [-0.05, 0) is 12.5 Å². The van der Waals surface area contributed by atoms with E-state index in [9.17, 15) is 0 Å². The molecule has 1 aromatic rings. The Labute approximate surface area is 123 Å². The minimum absolute atomic E-state index is 0.120. The molecule has 4 nitrogen and oxygen atoms in total. The maximum absolute atomic E-state index is 5.68. The summed E-state index contributed by atoms with van der Waals surface area (Å²) < 4.78 is 5.29. The van der Waals surface area contributed by atoms with Gasteiger partial charge in [-0.15, -0.1) is 0 Å². The van der Waals surface area contributed by atoms with Crippen LogP contribution >= 0.6 is 0 Å².